The summed E-state index contributed by atoms with van der Waals surface area (Å²) in [5.41, 5.74) is 0.444. The Labute approximate surface area is 169 Å². The van der Waals surface area contributed by atoms with E-state index in [1.807, 2.05) is 42.5 Å². The van der Waals surface area contributed by atoms with Crippen LogP contribution in [0.15, 0.2) is 93.5 Å². The number of ether oxygens (including phenoxy) is 2. The van der Waals surface area contributed by atoms with Crippen LogP contribution in [-0.2, 0) is 15.6 Å². The zero-order valence-electron chi connectivity index (χ0n) is 15.5. The second-order valence-corrected chi connectivity index (χ2v) is 7.98. The summed E-state index contributed by atoms with van der Waals surface area (Å²) in [4.78, 5) is 14.9. The predicted molar refractivity (Wildman–Crippen MR) is 104 cm³/mol. The van der Waals surface area contributed by atoms with Crippen molar-refractivity contribution in [2.24, 2.45) is 0 Å². The molecule has 0 radical (unpaired) electrons. The number of alkyl halides is 3. The van der Waals surface area contributed by atoms with Crippen LogP contribution in [0.5, 0.6) is 5.75 Å². The number of benzene rings is 3. The van der Waals surface area contributed by atoms with Crippen LogP contribution in [0.4, 0.5) is 13.2 Å². The molecule has 3 nitrogen and oxygen atoms in total. The molecule has 0 aromatic heterocycles. The van der Waals surface area contributed by atoms with Crippen LogP contribution in [0.3, 0.4) is 0 Å². The molecular formula is C22H18F3O3S+. The lowest BCUT2D eigenvalue weighted by molar-refractivity contribution is -0.153. The van der Waals surface area contributed by atoms with Gasteiger partial charge in [-0.3, -0.25) is 0 Å². The van der Waals surface area contributed by atoms with Crippen LogP contribution in [0.2, 0.25) is 0 Å². The number of hydrogen-bond donors (Lipinski definition) is 0. The lowest BCUT2D eigenvalue weighted by Gasteiger charge is -2.12. The first-order chi connectivity index (χ1) is 13.9. The quantitative estimate of drug-likeness (QED) is 0.390. The summed E-state index contributed by atoms with van der Waals surface area (Å²) in [6.07, 6.45) is -4.40. The molecule has 1 atom stereocenters. The molecule has 0 saturated heterocycles. The molecule has 0 heterocycles. The molecule has 0 saturated carbocycles. The van der Waals surface area contributed by atoms with Gasteiger partial charge in [0.05, 0.1) is 7.11 Å². The van der Waals surface area contributed by atoms with E-state index in [1.165, 1.54) is 19.2 Å². The van der Waals surface area contributed by atoms with E-state index in [2.05, 4.69) is 0 Å². The van der Waals surface area contributed by atoms with Crippen molar-refractivity contribution in [1.82, 2.24) is 0 Å². The van der Waals surface area contributed by atoms with Gasteiger partial charge < -0.3 is 9.47 Å². The highest BCUT2D eigenvalue weighted by atomic mass is 32.2. The molecule has 150 valence electrons. The van der Waals surface area contributed by atoms with Gasteiger partial charge >= 0.3 is 12.1 Å². The third-order valence-corrected chi connectivity index (χ3v) is 6.24. The Morgan fingerprint density at radius 3 is 2.07 bits per heavy atom. The highest BCUT2D eigenvalue weighted by Crippen LogP contribution is 2.34. The van der Waals surface area contributed by atoms with Crippen molar-refractivity contribution in [3.63, 3.8) is 0 Å². The van der Waals surface area contributed by atoms with Crippen molar-refractivity contribution in [2.45, 2.75) is 20.9 Å². The molecule has 3 aromatic carbocycles. The van der Waals surface area contributed by atoms with E-state index in [-0.39, 0.29) is 5.75 Å². The highest BCUT2D eigenvalue weighted by molar-refractivity contribution is 7.97. The first-order valence-electron chi connectivity index (χ1n) is 8.65. The van der Waals surface area contributed by atoms with E-state index >= 15 is 0 Å². The summed E-state index contributed by atoms with van der Waals surface area (Å²) in [5, 5.41) is 0. The number of rotatable bonds is 6. The Kier molecular flexibility index (Phi) is 6.49. The maximum absolute atomic E-state index is 12.4. The first-order valence-corrected chi connectivity index (χ1v) is 9.88. The summed E-state index contributed by atoms with van der Waals surface area (Å²) in [6, 6.07) is 23.2. The highest BCUT2D eigenvalue weighted by Gasteiger charge is 2.33. The van der Waals surface area contributed by atoms with Gasteiger partial charge in [0.1, 0.15) is 22.2 Å². The third kappa shape index (κ3) is 5.32. The van der Waals surface area contributed by atoms with Crippen LogP contribution in [0.25, 0.3) is 0 Å². The normalized spacial score (nSPS) is 12.3. The van der Waals surface area contributed by atoms with Crippen molar-refractivity contribution in [3.8, 4) is 5.75 Å². The summed E-state index contributed by atoms with van der Waals surface area (Å²) in [7, 11) is 0.670. The molecule has 0 fully saturated rings. The molecule has 7 heteroatoms. The second-order valence-electron chi connectivity index (χ2n) is 5.98. The molecule has 0 amide bonds. The van der Waals surface area contributed by atoms with Gasteiger partial charge in [-0.05, 0) is 48.5 Å². The fourth-order valence-electron chi connectivity index (χ4n) is 2.71. The number of halogens is 3. The van der Waals surface area contributed by atoms with Crippen LogP contribution in [0, 0.1) is 0 Å². The summed E-state index contributed by atoms with van der Waals surface area (Å²) < 4.78 is 46.9. The van der Waals surface area contributed by atoms with Gasteiger partial charge in [-0.2, -0.15) is 13.2 Å². The minimum absolute atomic E-state index is 0.129. The number of methoxy groups -OCH3 is 1. The van der Waals surface area contributed by atoms with Crippen molar-refractivity contribution >= 4 is 16.9 Å². The van der Waals surface area contributed by atoms with E-state index in [9.17, 15) is 18.0 Å². The Bertz CT molecular complexity index is 957. The maximum atomic E-state index is 12.4. The average molecular weight is 419 g/mol. The summed E-state index contributed by atoms with van der Waals surface area (Å²) in [6.45, 7) is -1.35. The fraction of sp³-hybridized carbons (Fsp3) is 0.136. The Hall–Kier alpha value is -2.93. The van der Waals surface area contributed by atoms with Crippen molar-refractivity contribution in [1.29, 1.82) is 0 Å². The van der Waals surface area contributed by atoms with Crippen LogP contribution < -0.4 is 4.74 Å². The van der Waals surface area contributed by atoms with E-state index in [1.54, 1.807) is 24.3 Å². The Morgan fingerprint density at radius 1 is 0.862 bits per heavy atom. The summed E-state index contributed by atoms with van der Waals surface area (Å²) in [5.74, 6) is -0.317. The molecule has 0 N–H and O–H groups in total. The molecular weight excluding hydrogens is 401 g/mol. The lowest BCUT2D eigenvalue weighted by Crippen LogP contribution is -2.19. The van der Waals surface area contributed by atoms with E-state index in [0.717, 1.165) is 14.7 Å². The van der Waals surface area contributed by atoms with Gasteiger partial charge in [-0.1, -0.05) is 30.3 Å². The van der Waals surface area contributed by atoms with Gasteiger partial charge in [0, 0.05) is 0 Å². The predicted octanol–water partition coefficient (Wildman–Crippen LogP) is 5.51. The van der Waals surface area contributed by atoms with Gasteiger partial charge in [-0.25, -0.2) is 4.79 Å². The maximum Gasteiger partial charge on any atom is 0.422 e. The van der Waals surface area contributed by atoms with Gasteiger partial charge in [0.15, 0.2) is 21.3 Å². The van der Waals surface area contributed by atoms with E-state index < -0.39 is 29.6 Å². The van der Waals surface area contributed by atoms with Crippen molar-refractivity contribution in [3.05, 3.63) is 84.4 Å². The third-order valence-electron chi connectivity index (χ3n) is 3.95. The molecule has 0 spiro atoms. The topological polar surface area (TPSA) is 35.5 Å². The van der Waals surface area contributed by atoms with E-state index in [0.29, 0.717) is 5.56 Å². The van der Waals surface area contributed by atoms with Gasteiger partial charge in [0.25, 0.3) is 0 Å². The molecule has 3 rings (SSSR count). The molecule has 1 unspecified atom stereocenters. The smallest absolute Gasteiger partial charge is 0.422 e. The number of carbonyl (C=O) groups is 1. The van der Waals surface area contributed by atoms with Crippen LogP contribution in [-0.4, -0.2) is 25.9 Å². The molecule has 29 heavy (non-hydrogen) atoms. The SMILES string of the molecule is COC(=O)c1ccccc1[S+](c1ccccc1)c1ccc(OCC(F)(F)F)cc1. The average Bonchev–Trinajstić information content (AvgIpc) is 2.73. The molecule has 0 aliphatic rings. The largest absolute Gasteiger partial charge is 0.484 e. The number of esters is 1. The fourth-order valence-corrected chi connectivity index (χ4v) is 4.91. The molecule has 0 aliphatic heterocycles. The Morgan fingerprint density at radius 2 is 1.45 bits per heavy atom. The van der Waals surface area contributed by atoms with Crippen molar-refractivity contribution < 1.29 is 27.4 Å². The van der Waals surface area contributed by atoms with Crippen LogP contribution >= 0.6 is 0 Å². The van der Waals surface area contributed by atoms with Crippen molar-refractivity contribution in [2.75, 3.05) is 13.7 Å². The van der Waals surface area contributed by atoms with Crippen LogP contribution in [0.1, 0.15) is 10.4 Å². The first kappa shape index (κ1) is 20.8. The zero-order chi connectivity index (χ0) is 20.9. The Balaban J connectivity index is 2.02. The van der Waals surface area contributed by atoms with Gasteiger partial charge in [0.2, 0.25) is 0 Å². The number of hydrogen-bond acceptors (Lipinski definition) is 3. The minimum Gasteiger partial charge on any atom is -0.484 e. The minimum atomic E-state index is -4.40. The monoisotopic (exact) mass is 419 g/mol. The van der Waals surface area contributed by atoms with E-state index in [4.69, 9.17) is 9.47 Å². The van der Waals surface area contributed by atoms with Gasteiger partial charge in [-0.15, -0.1) is 0 Å². The lowest BCUT2D eigenvalue weighted by atomic mass is 10.2. The summed E-state index contributed by atoms with van der Waals surface area (Å²) >= 11 is 0. The molecule has 0 aliphatic carbocycles. The zero-order valence-corrected chi connectivity index (χ0v) is 16.3. The molecule has 3 aromatic rings. The second kappa shape index (κ2) is 9.05. The standard InChI is InChI=1S/C22H18F3O3S/c1-27-21(26)19-9-5-6-10-20(19)29(17-7-3-2-4-8-17)18-13-11-16(12-14-18)28-15-22(23,24)25/h2-14H,15H2,1H3/q+1. The number of carbonyl (C=O) groups excluding carboxylic acids is 1. The molecule has 0 bridgehead atoms.